The van der Waals surface area contributed by atoms with Gasteiger partial charge in [0.2, 0.25) is 0 Å². The zero-order chi connectivity index (χ0) is 17.3. The molecule has 0 unspecified atom stereocenters. The Bertz CT molecular complexity index is 813. The van der Waals surface area contributed by atoms with Gasteiger partial charge in [-0.3, -0.25) is 4.79 Å². The Labute approximate surface area is 146 Å². The van der Waals surface area contributed by atoms with Gasteiger partial charge < -0.3 is 14.6 Å². The average molecular weight is 338 g/mol. The lowest BCUT2D eigenvalue weighted by Crippen LogP contribution is -2.27. The summed E-state index contributed by atoms with van der Waals surface area (Å²) >= 11 is 0. The molecular formula is C19H22N4O2. The van der Waals surface area contributed by atoms with E-state index in [1.807, 2.05) is 59.4 Å². The van der Waals surface area contributed by atoms with Crippen molar-refractivity contribution in [1.82, 2.24) is 19.7 Å². The summed E-state index contributed by atoms with van der Waals surface area (Å²) in [6, 6.07) is 16.9. The zero-order valence-corrected chi connectivity index (χ0v) is 14.0. The van der Waals surface area contributed by atoms with E-state index < -0.39 is 0 Å². The van der Waals surface area contributed by atoms with Gasteiger partial charge in [-0.2, -0.15) is 5.10 Å². The third-order valence-corrected chi connectivity index (χ3v) is 3.74. The van der Waals surface area contributed by atoms with Crippen LogP contribution in [0.15, 0.2) is 71.8 Å². The van der Waals surface area contributed by atoms with Gasteiger partial charge in [-0.25, -0.2) is 4.68 Å². The summed E-state index contributed by atoms with van der Waals surface area (Å²) in [5, 5.41) is 7.72. The van der Waals surface area contributed by atoms with Crippen LogP contribution in [0.5, 0.6) is 5.75 Å². The molecule has 130 valence electrons. The van der Waals surface area contributed by atoms with Crippen LogP contribution in [0.3, 0.4) is 0 Å². The van der Waals surface area contributed by atoms with Crippen molar-refractivity contribution >= 4 is 0 Å². The van der Waals surface area contributed by atoms with Gasteiger partial charge in [0.05, 0.1) is 0 Å². The molecule has 0 amide bonds. The second-order valence-electron chi connectivity index (χ2n) is 5.61. The van der Waals surface area contributed by atoms with Crippen LogP contribution in [-0.4, -0.2) is 34.0 Å². The number of aromatic nitrogens is 3. The van der Waals surface area contributed by atoms with E-state index in [1.54, 1.807) is 12.1 Å². The third kappa shape index (κ3) is 5.06. The molecule has 0 aliphatic carbocycles. The molecule has 3 aromatic rings. The van der Waals surface area contributed by atoms with E-state index in [-0.39, 0.29) is 5.56 Å². The van der Waals surface area contributed by atoms with Crippen LogP contribution < -0.4 is 15.6 Å². The monoisotopic (exact) mass is 338 g/mol. The first kappa shape index (κ1) is 17.0. The molecule has 2 heterocycles. The molecule has 1 aromatic carbocycles. The van der Waals surface area contributed by atoms with Gasteiger partial charge >= 0.3 is 0 Å². The fourth-order valence-corrected chi connectivity index (χ4v) is 2.46. The van der Waals surface area contributed by atoms with Crippen molar-refractivity contribution in [2.75, 3.05) is 19.7 Å². The number of aryl methyl sites for hydroxylation is 1. The lowest BCUT2D eigenvalue weighted by Gasteiger charge is -2.09. The van der Waals surface area contributed by atoms with Crippen LogP contribution in [0, 0.1) is 0 Å². The zero-order valence-electron chi connectivity index (χ0n) is 14.0. The smallest absolute Gasteiger partial charge is 0.266 e. The van der Waals surface area contributed by atoms with Crippen LogP contribution in [0.4, 0.5) is 0 Å². The fourth-order valence-electron chi connectivity index (χ4n) is 2.46. The molecule has 0 saturated heterocycles. The first-order valence-corrected chi connectivity index (χ1v) is 8.43. The lowest BCUT2D eigenvalue weighted by molar-refractivity contribution is 0.313. The molecule has 0 atom stereocenters. The molecule has 25 heavy (non-hydrogen) atoms. The van der Waals surface area contributed by atoms with Crippen LogP contribution in [0.1, 0.15) is 6.42 Å². The fraction of sp³-hybridized carbons (Fsp3) is 0.263. The molecule has 0 spiro atoms. The summed E-state index contributed by atoms with van der Waals surface area (Å²) in [5.74, 6) is 1.62. The topological polar surface area (TPSA) is 61.1 Å². The van der Waals surface area contributed by atoms with E-state index in [9.17, 15) is 4.79 Å². The first-order chi connectivity index (χ1) is 12.3. The van der Waals surface area contributed by atoms with Crippen molar-refractivity contribution in [1.29, 1.82) is 0 Å². The highest BCUT2D eigenvalue weighted by atomic mass is 16.5. The van der Waals surface area contributed by atoms with Crippen LogP contribution >= 0.6 is 0 Å². The summed E-state index contributed by atoms with van der Waals surface area (Å²) in [6.07, 6.45) is 4.64. The Morgan fingerprint density at radius 3 is 2.56 bits per heavy atom. The number of nitrogens with zero attached hydrogens (tertiary/aromatic N) is 3. The molecular weight excluding hydrogens is 316 g/mol. The molecule has 0 saturated carbocycles. The highest BCUT2D eigenvalue weighted by Gasteiger charge is 2.02. The van der Waals surface area contributed by atoms with Gasteiger partial charge in [0.1, 0.15) is 12.4 Å². The first-order valence-electron chi connectivity index (χ1n) is 8.43. The van der Waals surface area contributed by atoms with Gasteiger partial charge in [-0.05, 0) is 43.3 Å². The maximum absolute atomic E-state index is 11.9. The molecule has 6 heteroatoms. The standard InChI is InChI=1S/C19H22N4O2/c24-19-10-9-18(22-13-4-5-14-22)21-23(19)15-6-11-20-12-16-25-17-7-2-1-3-8-17/h1-5,7-10,13-14,20H,6,11-12,15-16H2. The molecule has 1 N–H and O–H groups in total. The minimum atomic E-state index is -0.0803. The predicted octanol–water partition coefficient (Wildman–Crippen LogP) is 2.09. The average Bonchev–Trinajstić information content (AvgIpc) is 3.18. The van der Waals surface area contributed by atoms with Crippen LogP contribution in [0.25, 0.3) is 5.82 Å². The largest absolute Gasteiger partial charge is 0.492 e. The summed E-state index contributed by atoms with van der Waals surface area (Å²) < 4.78 is 9.01. The van der Waals surface area contributed by atoms with Crippen LogP contribution in [0.2, 0.25) is 0 Å². The van der Waals surface area contributed by atoms with Crippen molar-refractivity contribution in [3.05, 3.63) is 77.3 Å². The molecule has 0 fully saturated rings. The summed E-state index contributed by atoms with van der Waals surface area (Å²) in [4.78, 5) is 11.9. The molecule has 0 bridgehead atoms. The Morgan fingerprint density at radius 1 is 0.960 bits per heavy atom. The Kier molecular flexibility index (Phi) is 6.01. The molecule has 2 aromatic heterocycles. The molecule has 0 aliphatic rings. The van der Waals surface area contributed by atoms with E-state index in [0.717, 1.165) is 31.1 Å². The maximum atomic E-state index is 11.9. The highest BCUT2D eigenvalue weighted by molar-refractivity contribution is 5.21. The quantitative estimate of drug-likeness (QED) is 0.607. The van der Waals surface area contributed by atoms with Crippen molar-refractivity contribution in [3.8, 4) is 11.6 Å². The number of hydrogen-bond acceptors (Lipinski definition) is 4. The van der Waals surface area contributed by atoms with Crippen LogP contribution in [-0.2, 0) is 6.54 Å². The van der Waals surface area contributed by atoms with E-state index in [0.29, 0.717) is 13.2 Å². The summed E-state index contributed by atoms with van der Waals surface area (Å²) in [5.41, 5.74) is -0.0803. The van der Waals surface area contributed by atoms with E-state index in [1.165, 1.54) is 4.68 Å². The van der Waals surface area contributed by atoms with Gasteiger partial charge in [-0.15, -0.1) is 0 Å². The molecule has 6 nitrogen and oxygen atoms in total. The number of benzene rings is 1. The Morgan fingerprint density at radius 2 is 1.76 bits per heavy atom. The third-order valence-electron chi connectivity index (χ3n) is 3.74. The molecule has 3 rings (SSSR count). The van der Waals surface area contributed by atoms with Gasteiger partial charge in [-0.1, -0.05) is 18.2 Å². The number of para-hydroxylation sites is 1. The van der Waals surface area contributed by atoms with Gasteiger partial charge in [0, 0.05) is 31.5 Å². The van der Waals surface area contributed by atoms with E-state index >= 15 is 0 Å². The minimum Gasteiger partial charge on any atom is -0.492 e. The SMILES string of the molecule is O=c1ccc(-n2cccc2)nn1CCCNCCOc1ccccc1. The predicted molar refractivity (Wildman–Crippen MR) is 97.2 cm³/mol. The second kappa shape index (κ2) is 8.84. The Hall–Kier alpha value is -2.86. The molecule has 0 aliphatic heterocycles. The number of nitrogens with one attached hydrogen (secondary N) is 1. The number of hydrogen-bond donors (Lipinski definition) is 1. The van der Waals surface area contributed by atoms with E-state index in [4.69, 9.17) is 4.74 Å². The number of ether oxygens (including phenoxy) is 1. The maximum Gasteiger partial charge on any atom is 0.266 e. The highest BCUT2D eigenvalue weighted by Crippen LogP contribution is 2.07. The van der Waals surface area contributed by atoms with Crippen molar-refractivity contribution in [2.24, 2.45) is 0 Å². The lowest BCUT2D eigenvalue weighted by atomic mass is 10.3. The molecule has 0 radical (unpaired) electrons. The van der Waals surface area contributed by atoms with Crippen molar-refractivity contribution in [3.63, 3.8) is 0 Å². The summed E-state index contributed by atoms with van der Waals surface area (Å²) in [6.45, 7) is 2.77. The van der Waals surface area contributed by atoms with Gasteiger partial charge in [0.25, 0.3) is 5.56 Å². The number of rotatable bonds is 9. The van der Waals surface area contributed by atoms with Crippen molar-refractivity contribution in [2.45, 2.75) is 13.0 Å². The second-order valence-corrected chi connectivity index (χ2v) is 5.61. The van der Waals surface area contributed by atoms with Crippen molar-refractivity contribution < 1.29 is 4.74 Å². The van der Waals surface area contributed by atoms with Gasteiger partial charge in [0.15, 0.2) is 5.82 Å². The Balaban J connectivity index is 1.39. The minimum absolute atomic E-state index is 0.0803. The van der Waals surface area contributed by atoms with E-state index in [2.05, 4.69) is 10.4 Å². The summed E-state index contributed by atoms with van der Waals surface area (Å²) in [7, 11) is 0. The normalized spacial score (nSPS) is 10.7.